The number of alkyl halides is 3. The van der Waals surface area contributed by atoms with E-state index in [9.17, 15) is 21.6 Å². The average molecular weight is 445 g/mol. The molecule has 29 heavy (non-hydrogen) atoms. The molecule has 1 heterocycles. The van der Waals surface area contributed by atoms with Crippen LogP contribution < -0.4 is 5.32 Å². The largest absolute Gasteiger partial charge is 0.416 e. The number of aromatic nitrogens is 1. The van der Waals surface area contributed by atoms with Crippen molar-refractivity contribution in [2.45, 2.75) is 24.0 Å². The van der Waals surface area contributed by atoms with E-state index < -0.39 is 21.8 Å². The van der Waals surface area contributed by atoms with Crippen molar-refractivity contribution in [3.05, 3.63) is 78.0 Å². The SMILES string of the molecule is CNC(C)c1cc(-c2ccccc2)n(S(=O)(=O)c2ccc(C(F)(F)F)cc2)c1.Cl. The van der Waals surface area contributed by atoms with Crippen molar-refractivity contribution in [1.82, 2.24) is 9.29 Å². The predicted molar refractivity (Wildman–Crippen MR) is 109 cm³/mol. The van der Waals surface area contributed by atoms with Gasteiger partial charge in [0, 0.05) is 12.2 Å². The number of benzene rings is 2. The van der Waals surface area contributed by atoms with Crippen LogP contribution >= 0.6 is 12.4 Å². The Balaban J connectivity index is 0.00000300. The van der Waals surface area contributed by atoms with Gasteiger partial charge in [0.25, 0.3) is 10.0 Å². The van der Waals surface area contributed by atoms with Crippen molar-refractivity contribution in [3.8, 4) is 11.3 Å². The lowest BCUT2D eigenvalue weighted by atomic mass is 10.1. The van der Waals surface area contributed by atoms with Gasteiger partial charge in [0.1, 0.15) is 0 Å². The van der Waals surface area contributed by atoms with E-state index in [0.29, 0.717) is 11.3 Å². The first-order valence-corrected chi connectivity index (χ1v) is 9.96. The van der Waals surface area contributed by atoms with Gasteiger partial charge in [0.15, 0.2) is 0 Å². The number of rotatable bonds is 5. The van der Waals surface area contributed by atoms with Crippen LogP contribution in [-0.4, -0.2) is 19.4 Å². The Labute approximate surface area is 173 Å². The summed E-state index contributed by atoms with van der Waals surface area (Å²) in [4.78, 5) is -0.211. The van der Waals surface area contributed by atoms with Gasteiger partial charge in [-0.05, 0) is 55.4 Å². The molecule has 3 rings (SSSR count). The van der Waals surface area contributed by atoms with Crippen LogP contribution in [0.4, 0.5) is 13.2 Å². The molecule has 4 nitrogen and oxygen atoms in total. The first-order valence-electron chi connectivity index (χ1n) is 8.52. The summed E-state index contributed by atoms with van der Waals surface area (Å²) >= 11 is 0. The second kappa shape index (κ2) is 8.61. The van der Waals surface area contributed by atoms with Gasteiger partial charge in [-0.15, -0.1) is 12.4 Å². The van der Waals surface area contributed by atoms with Crippen LogP contribution in [0.15, 0.2) is 71.8 Å². The van der Waals surface area contributed by atoms with E-state index in [1.807, 2.05) is 13.0 Å². The Hall–Kier alpha value is -2.29. The summed E-state index contributed by atoms with van der Waals surface area (Å²) in [7, 11) is -2.32. The molecular weight excluding hydrogens is 425 g/mol. The lowest BCUT2D eigenvalue weighted by Gasteiger charge is -2.12. The molecule has 0 amide bonds. The Morgan fingerprint density at radius 3 is 2.10 bits per heavy atom. The number of hydrogen-bond acceptors (Lipinski definition) is 3. The molecule has 1 unspecified atom stereocenters. The molecule has 9 heteroatoms. The molecule has 2 aromatic carbocycles. The second-order valence-corrected chi connectivity index (χ2v) is 8.17. The van der Waals surface area contributed by atoms with Crippen LogP contribution in [-0.2, 0) is 16.2 Å². The third-order valence-electron chi connectivity index (χ3n) is 4.55. The molecular formula is C20H20ClF3N2O2S. The van der Waals surface area contributed by atoms with Crippen molar-refractivity contribution in [1.29, 1.82) is 0 Å². The van der Waals surface area contributed by atoms with Crippen LogP contribution in [0.5, 0.6) is 0 Å². The van der Waals surface area contributed by atoms with Gasteiger partial charge < -0.3 is 5.32 Å². The maximum atomic E-state index is 13.2. The maximum Gasteiger partial charge on any atom is 0.416 e. The quantitative estimate of drug-likeness (QED) is 0.594. The summed E-state index contributed by atoms with van der Waals surface area (Å²) in [6.07, 6.45) is -3.03. The van der Waals surface area contributed by atoms with E-state index in [1.54, 1.807) is 37.4 Å². The van der Waals surface area contributed by atoms with Crippen molar-refractivity contribution >= 4 is 22.4 Å². The molecule has 156 valence electrons. The van der Waals surface area contributed by atoms with Gasteiger partial charge in [0.05, 0.1) is 16.2 Å². The van der Waals surface area contributed by atoms with E-state index in [1.165, 1.54) is 6.20 Å². The van der Waals surface area contributed by atoms with E-state index in [0.717, 1.165) is 33.8 Å². The van der Waals surface area contributed by atoms with Gasteiger partial charge >= 0.3 is 6.18 Å². The fourth-order valence-corrected chi connectivity index (χ4v) is 4.20. The van der Waals surface area contributed by atoms with Crippen LogP contribution in [0.3, 0.4) is 0 Å². The van der Waals surface area contributed by atoms with Gasteiger partial charge in [-0.1, -0.05) is 30.3 Å². The van der Waals surface area contributed by atoms with Crippen LogP contribution in [0.2, 0.25) is 0 Å². The Morgan fingerprint density at radius 1 is 1.00 bits per heavy atom. The number of nitrogens with one attached hydrogen (secondary N) is 1. The molecule has 0 saturated heterocycles. The van der Waals surface area contributed by atoms with E-state index in [4.69, 9.17) is 0 Å². The summed E-state index contributed by atoms with van der Waals surface area (Å²) < 4.78 is 65.9. The molecule has 1 atom stereocenters. The highest BCUT2D eigenvalue weighted by Crippen LogP contribution is 2.32. The minimum absolute atomic E-state index is 0. The first-order chi connectivity index (χ1) is 13.1. The normalized spacial score (nSPS) is 13.0. The fraction of sp³-hybridized carbons (Fsp3) is 0.200. The zero-order chi connectivity index (χ0) is 20.5. The molecule has 0 bridgehead atoms. The molecule has 0 radical (unpaired) electrons. The molecule has 0 saturated carbocycles. The summed E-state index contributed by atoms with van der Waals surface area (Å²) in [5.41, 5.74) is 0.980. The average Bonchev–Trinajstić information content (AvgIpc) is 3.14. The Kier molecular flexibility index (Phi) is 6.82. The zero-order valence-electron chi connectivity index (χ0n) is 15.6. The van der Waals surface area contributed by atoms with Crippen LogP contribution in [0, 0.1) is 0 Å². The molecule has 3 aromatic rings. The van der Waals surface area contributed by atoms with Crippen molar-refractivity contribution in [3.63, 3.8) is 0 Å². The molecule has 0 fully saturated rings. The highest BCUT2D eigenvalue weighted by atomic mass is 35.5. The topological polar surface area (TPSA) is 51.1 Å². The van der Waals surface area contributed by atoms with Crippen molar-refractivity contribution in [2.75, 3.05) is 7.05 Å². The molecule has 1 N–H and O–H groups in total. The summed E-state index contributed by atoms with van der Waals surface area (Å²) in [5.74, 6) is 0. The van der Waals surface area contributed by atoms with Crippen molar-refractivity contribution < 1.29 is 21.6 Å². The molecule has 1 aromatic heterocycles. The van der Waals surface area contributed by atoms with Crippen LogP contribution in [0.25, 0.3) is 11.3 Å². The smallest absolute Gasteiger partial charge is 0.313 e. The summed E-state index contributed by atoms with van der Waals surface area (Å²) in [6.45, 7) is 1.89. The van der Waals surface area contributed by atoms with E-state index >= 15 is 0 Å². The summed E-state index contributed by atoms with van der Waals surface area (Å²) in [5, 5.41) is 3.06. The summed E-state index contributed by atoms with van der Waals surface area (Å²) in [6, 6.07) is 14.1. The minimum Gasteiger partial charge on any atom is -0.313 e. The molecule has 0 spiro atoms. The minimum atomic E-state index is -4.53. The predicted octanol–water partition coefficient (Wildman–Crippen LogP) is 5.11. The highest BCUT2D eigenvalue weighted by Gasteiger charge is 2.31. The molecule has 0 aliphatic carbocycles. The highest BCUT2D eigenvalue weighted by molar-refractivity contribution is 7.90. The van der Waals surface area contributed by atoms with Crippen LogP contribution in [0.1, 0.15) is 24.1 Å². The molecule has 0 aliphatic heterocycles. The fourth-order valence-electron chi connectivity index (χ4n) is 2.81. The second-order valence-electron chi connectivity index (χ2n) is 6.36. The third kappa shape index (κ3) is 4.66. The number of hydrogen-bond donors (Lipinski definition) is 1. The number of nitrogens with zero attached hydrogens (tertiary/aromatic N) is 1. The lowest BCUT2D eigenvalue weighted by molar-refractivity contribution is -0.137. The first kappa shape index (κ1) is 23.0. The van der Waals surface area contributed by atoms with Gasteiger partial charge in [0.2, 0.25) is 0 Å². The Bertz CT molecular complexity index is 1060. The molecule has 0 aliphatic rings. The monoisotopic (exact) mass is 444 g/mol. The third-order valence-corrected chi connectivity index (χ3v) is 6.24. The van der Waals surface area contributed by atoms with E-state index in [-0.39, 0.29) is 23.3 Å². The number of halogens is 4. The zero-order valence-corrected chi connectivity index (χ0v) is 17.3. The lowest BCUT2D eigenvalue weighted by Crippen LogP contribution is -2.15. The van der Waals surface area contributed by atoms with E-state index in [2.05, 4.69) is 5.32 Å². The Morgan fingerprint density at radius 2 is 1.59 bits per heavy atom. The van der Waals surface area contributed by atoms with Gasteiger partial charge in [-0.3, -0.25) is 0 Å². The van der Waals surface area contributed by atoms with Gasteiger partial charge in [-0.25, -0.2) is 12.4 Å². The maximum absolute atomic E-state index is 13.2. The standard InChI is InChI=1S/C20H19F3N2O2S.ClH/c1-14(24-2)16-12-19(15-6-4-3-5-7-15)25(13-16)28(26,27)18-10-8-17(9-11-18)20(21,22)23;/h3-14,24H,1-2H3;1H. The van der Waals surface area contributed by atoms with Crippen molar-refractivity contribution in [2.24, 2.45) is 0 Å². The van der Waals surface area contributed by atoms with Gasteiger partial charge in [-0.2, -0.15) is 13.2 Å².